The van der Waals surface area contributed by atoms with E-state index >= 15 is 0 Å². The number of rotatable bonds is 2. The molecule has 3 rings (SSSR count). The largest absolute Gasteiger partial charge is 0.238 e. The van der Waals surface area contributed by atoms with Crippen molar-refractivity contribution in [2.24, 2.45) is 0 Å². The maximum Gasteiger partial charge on any atom is 0.187 e. The summed E-state index contributed by atoms with van der Waals surface area (Å²) >= 11 is 6.27. The van der Waals surface area contributed by atoms with Crippen LogP contribution >= 0.6 is 11.6 Å². The van der Waals surface area contributed by atoms with Gasteiger partial charge >= 0.3 is 0 Å². The molecule has 0 bridgehead atoms. The van der Waals surface area contributed by atoms with Crippen molar-refractivity contribution in [2.75, 3.05) is 0 Å². The Morgan fingerprint density at radius 1 is 0.783 bits per heavy atom. The molecule has 0 fully saturated rings. The molecular weight excluding hydrogens is 304 g/mol. The first-order valence-corrected chi connectivity index (χ1v) is 7.36. The molecule has 0 aliphatic heterocycles. The Morgan fingerprint density at radius 2 is 1.30 bits per heavy atom. The third-order valence-corrected chi connectivity index (χ3v) is 3.79. The van der Waals surface area contributed by atoms with Gasteiger partial charge in [0.05, 0.1) is 18.2 Å². The van der Waals surface area contributed by atoms with Crippen molar-refractivity contribution >= 4 is 17.3 Å². The van der Waals surface area contributed by atoms with E-state index in [1.807, 2.05) is 36.4 Å². The molecule has 23 heavy (non-hydrogen) atoms. The fourth-order valence-corrected chi connectivity index (χ4v) is 2.62. The van der Waals surface area contributed by atoms with E-state index < -0.39 is 0 Å². The summed E-state index contributed by atoms with van der Waals surface area (Å²) in [6.45, 7) is 7.01. The first-order valence-electron chi connectivity index (χ1n) is 6.98. The maximum absolute atomic E-state index is 8.89. The Labute approximate surface area is 140 Å². The topological polar surface area (TPSA) is 28.1 Å². The molecule has 0 amide bonds. The highest BCUT2D eigenvalue weighted by Gasteiger charge is 2.05. The van der Waals surface area contributed by atoms with Gasteiger partial charge in [-0.2, -0.15) is 5.26 Å². The van der Waals surface area contributed by atoms with Crippen LogP contribution in [-0.4, -0.2) is 0 Å². The third kappa shape index (κ3) is 3.24. The van der Waals surface area contributed by atoms with Gasteiger partial charge in [-0.15, -0.1) is 0 Å². The van der Waals surface area contributed by atoms with Crippen molar-refractivity contribution in [2.45, 2.75) is 0 Å². The SMILES string of the molecule is [C-]#[N+]c1ccc(-c2cc(Cl)cc(-c3ccc(C#N)cc3)c2)cc1. The summed E-state index contributed by atoms with van der Waals surface area (Å²) in [5.41, 5.74) is 5.24. The Balaban J connectivity index is 2.04. The summed E-state index contributed by atoms with van der Waals surface area (Å²) in [5, 5.41) is 9.54. The number of halogens is 1. The minimum absolute atomic E-state index is 0.614. The van der Waals surface area contributed by atoms with Crippen molar-refractivity contribution in [3.05, 3.63) is 88.7 Å². The molecule has 0 radical (unpaired) electrons. The second kappa shape index (κ2) is 6.36. The average molecular weight is 315 g/mol. The molecule has 0 aliphatic carbocycles. The van der Waals surface area contributed by atoms with E-state index in [0.717, 1.165) is 22.3 Å². The molecule has 3 aromatic rings. The number of hydrogen-bond acceptors (Lipinski definition) is 1. The lowest BCUT2D eigenvalue weighted by Crippen LogP contribution is -1.83. The Kier molecular flexibility index (Phi) is 4.11. The lowest BCUT2D eigenvalue weighted by molar-refractivity contribution is 1.48. The second-order valence-corrected chi connectivity index (χ2v) is 5.51. The van der Waals surface area contributed by atoms with Crippen LogP contribution in [0, 0.1) is 17.9 Å². The van der Waals surface area contributed by atoms with Gasteiger partial charge < -0.3 is 0 Å². The quantitative estimate of drug-likeness (QED) is 0.525. The minimum atomic E-state index is 0.614. The third-order valence-electron chi connectivity index (χ3n) is 3.57. The molecule has 0 saturated heterocycles. The van der Waals surface area contributed by atoms with Crippen molar-refractivity contribution in [3.63, 3.8) is 0 Å². The highest BCUT2D eigenvalue weighted by molar-refractivity contribution is 6.31. The molecule has 2 nitrogen and oxygen atoms in total. The van der Waals surface area contributed by atoms with E-state index in [-0.39, 0.29) is 0 Å². The predicted molar refractivity (Wildman–Crippen MR) is 93.3 cm³/mol. The van der Waals surface area contributed by atoms with E-state index in [1.165, 1.54) is 0 Å². The van der Waals surface area contributed by atoms with Gasteiger partial charge in [0.25, 0.3) is 0 Å². The van der Waals surface area contributed by atoms with E-state index in [1.54, 1.807) is 24.3 Å². The standard InChI is InChI=1S/C20H11ClN2/c1-23-20-8-6-16(7-9-20)18-10-17(11-19(21)12-18)15-4-2-14(13-22)3-5-15/h2-12H. The van der Waals surface area contributed by atoms with Crippen LogP contribution in [0.5, 0.6) is 0 Å². The van der Waals surface area contributed by atoms with Gasteiger partial charge in [0, 0.05) is 5.02 Å². The van der Waals surface area contributed by atoms with E-state index in [4.69, 9.17) is 23.4 Å². The summed E-state index contributed by atoms with van der Waals surface area (Å²) in [4.78, 5) is 3.40. The normalized spacial score (nSPS) is 9.87. The molecule has 3 aromatic carbocycles. The zero-order valence-corrected chi connectivity index (χ0v) is 12.9. The number of benzene rings is 3. The zero-order chi connectivity index (χ0) is 16.2. The van der Waals surface area contributed by atoms with Crippen LogP contribution in [0.1, 0.15) is 5.56 Å². The minimum Gasteiger partial charge on any atom is -0.238 e. The fourth-order valence-electron chi connectivity index (χ4n) is 2.39. The van der Waals surface area contributed by atoms with Gasteiger partial charge in [0.15, 0.2) is 5.69 Å². The van der Waals surface area contributed by atoms with Gasteiger partial charge in [-0.05, 0) is 52.6 Å². The van der Waals surface area contributed by atoms with Gasteiger partial charge in [0.1, 0.15) is 0 Å². The van der Waals surface area contributed by atoms with Crippen molar-refractivity contribution in [1.29, 1.82) is 5.26 Å². The Bertz CT molecular complexity index is 852. The molecule has 0 aliphatic rings. The molecule has 3 heteroatoms. The molecule has 0 atom stereocenters. The smallest absolute Gasteiger partial charge is 0.187 e. The Morgan fingerprint density at radius 3 is 1.78 bits per heavy atom. The lowest BCUT2D eigenvalue weighted by atomic mass is 9.98. The fraction of sp³-hybridized carbons (Fsp3) is 0. The molecule has 0 aromatic heterocycles. The highest BCUT2D eigenvalue weighted by Crippen LogP contribution is 2.31. The van der Waals surface area contributed by atoms with E-state index in [9.17, 15) is 0 Å². The number of nitrogens with zero attached hydrogens (tertiary/aromatic N) is 2. The molecule has 0 saturated carbocycles. The van der Waals surface area contributed by atoms with Gasteiger partial charge in [-0.3, -0.25) is 0 Å². The van der Waals surface area contributed by atoms with E-state index in [2.05, 4.69) is 17.0 Å². The van der Waals surface area contributed by atoms with Gasteiger partial charge in [-0.1, -0.05) is 48.0 Å². The molecule has 0 spiro atoms. The summed E-state index contributed by atoms with van der Waals surface area (Å²) in [7, 11) is 0. The summed E-state index contributed by atoms with van der Waals surface area (Å²) < 4.78 is 0. The predicted octanol–water partition coefficient (Wildman–Crippen LogP) is 6.10. The molecule has 108 valence electrons. The molecule has 0 unspecified atom stereocenters. The monoisotopic (exact) mass is 314 g/mol. The van der Waals surface area contributed by atoms with Crippen molar-refractivity contribution in [3.8, 4) is 28.3 Å². The summed E-state index contributed by atoms with van der Waals surface area (Å²) in [6.07, 6.45) is 0. The van der Waals surface area contributed by atoms with Crippen molar-refractivity contribution in [1.82, 2.24) is 0 Å². The van der Waals surface area contributed by atoms with Crippen LogP contribution in [0.15, 0.2) is 66.7 Å². The van der Waals surface area contributed by atoms with Crippen LogP contribution in [-0.2, 0) is 0 Å². The van der Waals surface area contributed by atoms with Gasteiger partial charge in [0.2, 0.25) is 0 Å². The zero-order valence-electron chi connectivity index (χ0n) is 12.1. The van der Waals surface area contributed by atoms with Crippen LogP contribution in [0.25, 0.3) is 27.1 Å². The summed E-state index contributed by atoms with van der Waals surface area (Å²) in [6, 6.07) is 22.8. The molecule has 0 heterocycles. The van der Waals surface area contributed by atoms with Crippen LogP contribution in [0.4, 0.5) is 5.69 Å². The average Bonchev–Trinajstić information content (AvgIpc) is 2.61. The lowest BCUT2D eigenvalue weighted by Gasteiger charge is -2.08. The molecular formula is C20H11ClN2. The number of hydrogen-bond donors (Lipinski definition) is 0. The Hall–Kier alpha value is -3.07. The van der Waals surface area contributed by atoms with Gasteiger partial charge in [-0.25, -0.2) is 4.85 Å². The van der Waals surface area contributed by atoms with Crippen molar-refractivity contribution < 1.29 is 0 Å². The second-order valence-electron chi connectivity index (χ2n) is 5.08. The van der Waals surface area contributed by atoms with E-state index in [0.29, 0.717) is 16.3 Å². The summed E-state index contributed by atoms with van der Waals surface area (Å²) in [5.74, 6) is 0. The number of nitriles is 1. The highest BCUT2D eigenvalue weighted by atomic mass is 35.5. The van der Waals surface area contributed by atoms with Crippen LogP contribution < -0.4 is 0 Å². The molecule has 0 N–H and O–H groups in total. The first-order chi connectivity index (χ1) is 11.2. The first kappa shape index (κ1) is 14.9. The van der Waals surface area contributed by atoms with Crippen LogP contribution in [0.3, 0.4) is 0 Å². The maximum atomic E-state index is 8.89. The van der Waals surface area contributed by atoms with Crippen LogP contribution in [0.2, 0.25) is 5.02 Å².